The summed E-state index contributed by atoms with van der Waals surface area (Å²) in [7, 11) is -1.11. The molecule has 0 saturated heterocycles. The van der Waals surface area contributed by atoms with Gasteiger partial charge in [0.15, 0.2) is 5.78 Å². The van der Waals surface area contributed by atoms with E-state index in [0.717, 1.165) is 0 Å². The minimum Gasteiger partial charge on any atom is -0.332 e. The van der Waals surface area contributed by atoms with E-state index in [1.165, 1.54) is 6.20 Å². The maximum Gasteiger partial charge on any atom is 0.224 e. The highest BCUT2D eigenvalue weighted by Gasteiger charge is 2.23. The molecule has 1 aliphatic rings. The lowest BCUT2D eigenvalue weighted by Crippen LogP contribution is -2.24. The Morgan fingerprint density at radius 3 is 2.77 bits per heavy atom. The minimum atomic E-state index is -1.11. The highest BCUT2D eigenvalue weighted by molar-refractivity contribution is 7.84. The number of fused-ring (bicyclic) bond motifs is 1. The number of carbonyl (C=O) groups excluding carboxylic acids is 2. The third kappa shape index (κ3) is 2.48. The molecule has 7 heteroatoms. The maximum absolute atomic E-state index is 12.7. The average molecular weight is 317 g/mol. The van der Waals surface area contributed by atoms with Crippen molar-refractivity contribution in [3.8, 4) is 0 Å². The molecule has 0 aliphatic carbocycles. The lowest BCUT2D eigenvalue weighted by atomic mass is 9.97. The van der Waals surface area contributed by atoms with Crippen LogP contribution in [-0.4, -0.2) is 31.8 Å². The van der Waals surface area contributed by atoms with Gasteiger partial charge in [-0.05, 0) is 25.5 Å². The largest absolute Gasteiger partial charge is 0.332 e. The van der Waals surface area contributed by atoms with Crippen LogP contribution in [0.1, 0.15) is 28.9 Å². The van der Waals surface area contributed by atoms with E-state index >= 15 is 0 Å². The third-order valence-corrected chi connectivity index (χ3v) is 4.56. The van der Waals surface area contributed by atoms with E-state index in [1.807, 2.05) is 0 Å². The SMILES string of the molecule is Cc1nn2cc(S(C)=O)ccc2c1C(=O)C1=CNC(=O)CC1. The van der Waals surface area contributed by atoms with E-state index in [2.05, 4.69) is 10.4 Å². The summed E-state index contributed by atoms with van der Waals surface area (Å²) in [6.45, 7) is 1.77. The van der Waals surface area contributed by atoms with E-state index in [9.17, 15) is 13.8 Å². The fraction of sp³-hybridized carbons (Fsp3) is 0.267. The second kappa shape index (κ2) is 5.49. The first-order valence-corrected chi connectivity index (χ1v) is 8.38. The Morgan fingerprint density at radius 2 is 2.14 bits per heavy atom. The van der Waals surface area contributed by atoms with Crippen LogP contribution >= 0.6 is 0 Å². The van der Waals surface area contributed by atoms with Gasteiger partial charge in [-0.1, -0.05) is 0 Å². The molecule has 1 unspecified atom stereocenters. The van der Waals surface area contributed by atoms with Crippen molar-refractivity contribution in [2.45, 2.75) is 24.7 Å². The van der Waals surface area contributed by atoms with Gasteiger partial charge in [0.05, 0.1) is 32.5 Å². The lowest BCUT2D eigenvalue weighted by Gasteiger charge is -2.12. The molecule has 1 amide bonds. The molecule has 0 fully saturated rings. The Bertz CT molecular complexity index is 851. The predicted octanol–water partition coefficient (Wildman–Crippen LogP) is 1.36. The highest BCUT2D eigenvalue weighted by Crippen LogP contribution is 2.23. The molecule has 0 spiro atoms. The lowest BCUT2D eigenvalue weighted by molar-refractivity contribution is -0.120. The molecule has 1 N–H and O–H groups in total. The van der Waals surface area contributed by atoms with Gasteiger partial charge in [0.25, 0.3) is 0 Å². The van der Waals surface area contributed by atoms with Crippen LogP contribution in [0.3, 0.4) is 0 Å². The van der Waals surface area contributed by atoms with E-state index in [-0.39, 0.29) is 11.7 Å². The summed E-state index contributed by atoms with van der Waals surface area (Å²) >= 11 is 0. The zero-order valence-corrected chi connectivity index (χ0v) is 13.1. The number of aromatic nitrogens is 2. The summed E-state index contributed by atoms with van der Waals surface area (Å²) in [5.74, 6) is -0.207. The van der Waals surface area contributed by atoms with E-state index in [4.69, 9.17) is 0 Å². The van der Waals surface area contributed by atoms with Crippen LogP contribution in [0.25, 0.3) is 5.52 Å². The Kier molecular flexibility index (Phi) is 3.66. The summed E-state index contributed by atoms with van der Waals surface area (Å²) < 4.78 is 13.1. The topological polar surface area (TPSA) is 80.5 Å². The zero-order valence-electron chi connectivity index (χ0n) is 12.3. The summed E-state index contributed by atoms with van der Waals surface area (Å²) in [6, 6.07) is 3.49. The standard InChI is InChI=1S/C15H15N3O3S/c1-9-14(15(20)10-3-6-13(19)16-7-10)12-5-4-11(22(2)21)8-18(12)17-9/h4-5,7-8H,3,6H2,1-2H3,(H,16,19). The third-order valence-electron chi connectivity index (χ3n) is 3.66. The number of allylic oxidation sites excluding steroid dienone is 1. The van der Waals surface area contributed by atoms with Crippen molar-refractivity contribution in [2.75, 3.05) is 6.26 Å². The first-order valence-electron chi connectivity index (χ1n) is 6.83. The number of nitrogens with one attached hydrogen (secondary N) is 1. The normalized spacial score (nSPS) is 16.3. The number of pyridine rings is 1. The van der Waals surface area contributed by atoms with Crippen LogP contribution in [0.5, 0.6) is 0 Å². The summed E-state index contributed by atoms with van der Waals surface area (Å²) in [6.07, 6.45) is 5.49. The van der Waals surface area contributed by atoms with Crippen molar-refractivity contribution in [3.05, 3.63) is 41.4 Å². The van der Waals surface area contributed by atoms with Gasteiger partial charge in [0, 0.05) is 30.6 Å². The Balaban J connectivity index is 2.07. The molecule has 2 aromatic rings. The number of amides is 1. The summed E-state index contributed by atoms with van der Waals surface area (Å²) in [5.41, 5.74) is 2.38. The molecular weight excluding hydrogens is 302 g/mol. The quantitative estimate of drug-likeness (QED) is 0.867. The molecule has 3 heterocycles. The second-order valence-electron chi connectivity index (χ2n) is 5.18. The van der Waals surface area contributed by atoms with Gasteiger partial charge >= 0.3 is 0 Å². The minimum absolute atomic E-state index is 0.0804. The van der Waals surface area contributed by atoms with Crippen molar-refractivity contribution in [1.29, 1.82) is 0 Å². The van der Waals surface area contributed by atoms with Crippen molar-refractivity contribution in [2.24, 2.45) is 0 Å². The van der Waals surface area contributed by atoms with Gasteiger partial charge in [-0.3, -0.25) is 13.8 Å². The van der Waals surface area contributed by atoms with Gasteiger partial charge in [0.2, 0.25) is 5.91 Å². The molecule has 0 radical (unpaired) electrons. The highest BCUT2D eigenvalue weighted by atomic mass is 32.2. The van der Waals surface area contributed by atoms with Crippen molar-refractivity contribution < 1.29 is 13.8 Å². The van der Waals surface area contributed by atoms with Crippen molar-refractivity contribution >= 4 is 28.0 Å². The van der Waals surface area contributed by atoms with Gasteiger partial charge in [-0.2, -0.15) is 5.10 Å². The number of rotatable bonds is 3. The Hall–Kier alpha value is -2.28. The molecule has 114 valence electrons. The molecular formula is C15H15N3O3S. The summed E-state index contributed by atoms with van der Waals surface area (Å²) in [5, 5.41) is 6.91. The number of hydrogen-bond acceptors (Lipinski definition) is 4. The smallest absolute Gasteiger partial charge is 0.224 e. The monoisotopic (exact) mass is 317 g/mol. The van der Waals surface area contributed by atoms with Gasteiger partial charge in [-0.15, -0.1) is 0 Å². The Labute approximate surface area is 129 Å². The average Bonchev–Trinajstić information content (AvgIpc) is 2.82. The van der Waals surface area contributed by atoms with Crippen LogP contribution in [0.4, 0.5) is 0 Å². The number of carbonyl (C=O) groups is 2. The molecule has 1 aliphatic heterocycles. The van der Waals surface area contributed by atoms with Crippen LogP contribution in [0.15, 0.2) is 35.0 Å². The molecule has 0 saturated carbocycles. The first kappa shape index (κ1) is 14.6. The van der Waals surface area contributed by atoms with Gasteiger partial charge < -0.3 is 5.32 Å². The van der Waals surface area contributed by atoms with E-state index in [0.29, 0.717) is 40.1 Å². The van der Waals surface area contributed by atoms with Crippen molar-refractivity contribution in [1.82, 2.24) is 14.9 Å². The number of aryl methyl sites for hydroxylation is 1. The van der Waals surface area contributed by atoms with Gasteiger partial charge in [0.1, 0.15) is 0 Å². The molecule has 2 aromatic heterocycles. The number of Topliss-reactive ketones (excluding diaryl/α,β-unsaturated/α-hetero) is 1. The first-order chi connectivity index (χ1) is 10.5. The zero-order chi connectivity index (χ0) is 15.9. The van der Waals surface area contributed by atoms with Crippen LogP contribution in [0, 0.1) is 6.92 Å². The maximum atomic E-state index is 12.7. The van der Waals surface area contributed by atoms with Crippen LogP contribution < -0.4 is 5.32 Å². The fourth-order valence-corrected chi connectivity index (χ4v) is 3.01. The molecule has 6 nitrogen and oxygen atoms in total. The van der Waals surface area contributed by atoms with Gasteiger partial charge in [-0.25, -0.2) is 4.52 Å². The molecule has 0 bridgehead atoms. The second-order valence-corrected chi connectivity index (χ2v) is 6.56. The predicted molar refractivity (Wildman–Crippen MR) is 82.1 cm³/mol. The van der Waals surface area contributed by atoms with Crippen molar-refractivity contribution in [3.63, 3.8) is 0 Å². The Morgan fingerprint density at radius 1 is 1.36 bits per heavy atom. The number of nitrogens with zero attached hydrogens (tertiary/aromatic N) is 2. The molecule has 0 aromatic carbocycles. The number of ketones is 1. The van der Waals surface area contributed by atoms with Crippen LogP contribution in [-0.2, 0) is 15.6 Å². The molecule has 1 atom stereocenters. The number of hydrogen-bond donors (Lipinski definition) is 1. The molecule has 22 heavy (non-hydrogen) atoms. The fourth-order valence-electron chi connectivity index (χ4n) is 2.50. The van der Waals surface area contributed by atoms with E-state index < -0.39 is 10.8 Å². The van der Waals surface area contributed by atoms with Crippen LogP contribution in [0.2, 0.25) is 0 Å². The summed E-state index contributed by atoms with van der Waals surface area (Å²) in [4.78, 5) is 24.5. The van der Waals surface area contributed by atoms with E-state index in [1.54, 1.807) is 36.0 Å². The molecule has 3 rings (SSSR count).